The molecular weight excluding hydrogens is 316 g/mol. The Morgan fingerprint density at radius 2 is 1.88 bits per heavy atom. The maximum absolute atomic E-state index is 11.2. The van der Waals surface area contributed by atoms with Crippen molar-refractivity contribution < 1.29 is 9.53 Å². The van der Waals surface area contributed by atoms with Crippen LogP contribution in [0.2, 0.25) is 0 Å². The maximum Gasteiger partial charge on any atom is 0.267 e. The summed E-state index contributed by atoms with van der Waals surface area (Å²) < 4.78 is 5.97. The molecule has 3 aromatic rings. The number of hydrogen-bond acceptors (Lipinski definition) is 5. The Bertz CT molecular complexity index is 879. The number of para-hydroxylation sites is 1. The van der Waals surface area contributed by atoms with Gasteiger partial charge in [0.15, 0.2) is 0 Å². The lowest BCUT2D eigenvalue weighted by atomic mass is 10.2. The Kier molecular flexibility index (Phi) is 4.89. The molecule has 0 aliphatic rings. The van der Waals surface area contributed by atoms with Crippen molar-refractivity contribution >= 4 is 11.7 Å². The Balaban J connectivity index is 1.74. The van der Waals surface area contributed by atoms with Crippen LogP contribution in [-0.4, -0.2) is 15.9 Å². The highest BCUT2D eigenvalue weighted by Gasteiger charge is 2.07. The molecule has 3 rings (SSSR count). The third-order valence-corrected chi connectivity index (χ3v) is 3.60. The van der Waals surface area contributed by atoms with Crippen LogP contribution in [0, 0.1) is 6.92 Å². The maximum atomic E-state index is 11.2. The first-order valence-electron chi connectivity index (χ1n) is 7.80. The van der Waals surface area contributed by atoms with Gasteiger partial charge in [0.1, 0.15) is 29.3 Å². The number of carbonyl (C=O) groups is 1. The molecule has 0 atom stereocenters. The molecule has 0 aliphatic heterocycles. The Labute approximate surface area is 145 Å². The highest BCUT2D eigenvalue weighted by atomic mass is 16.5. The lowest BCUT2D eigenvalue weighted by molar-refractivity contribution is 0.0995. The van der Waals surface area contributed by atoms with Gasteiger partial charge in [-0.15, -0.1) is 0 Å². The van der Waals surface area contributed by atoms with E-state index in [-0.39, 0.29) is 5.69 Å². The number of carbonyl (C=O) groups excluding carboxylic acids is 1. The first-order valence-corrected chi connectivity index (χ1v) is 7.80. The van der Waals surface area contributed by atoms with E-state index in [9.17, 15) is 4.79 Å². The van der Waals surface area contributed by atoms with E-state index in [1.807, 2.05) is 55.5 Å². The van der Waals surface area contributed by atoms with Crippen LogP contribution in [0.4, 0.5) is 5.82 Å². The van der Waals surface area contributed by atoms with Crippen molar-refractivity contribution in [2.24, 2.45) is 5.73 Å². The van der Waals surface area contributed by atoms with Gasteiger partial charge in [0.2, 0.25) is 0 Å². The van der Waals surface area contributed by atoms with Crippen LogP contribution < -0.4 is 15.8 Å². The van der Waals surface area contributed by atoms with Crippen LogP contribution in [-0.2, 0) is 6.54 Å². The monoisotopic (exact) mass is 334 g/mol. The lowest BCUT2D eigenvalue weighted by Crippen LogP contribution is -2.14. The Morgan fingerprint density at radius 3 is 2.64 bits per heavy atom. The minimum absolute atomic E-state index is 0.168. The second-order valence-electron chi connectivity index (χ2n) is 5.53. The van der Waals surface area contributed by atoms with Crippen LogP contribution in [0.5, 0.6) is 11.5 Å². The summed E-state index contributed by atoms with van der Waals surface area (Å²) in [5, 5.41) is 3.15. The third-order valence-electron chi connectivity index (χ3n) is 3.60. The lowest BCUT2D eigenvalue weighted by Gasteiger charge is -2.12. The zero-order valence-electron chi connectivity index (χ0n) is 13.8. The van der Waals surface area contributed by atoms with Crippen LogP contribution in [0.1, 0.15) is 21.6 Å². The zero-order valence-corrected chi connectivity index (χ0v) is 13.8. The molecule has 126 valence electrons. The Morgan fingerprint density at radius 1 is 1.12 bits per heavy atom. The van der Waals surface area contributed by atoms with Crippen molar-refractivity contribution in [2.45, 2.75) is 13.5 Å². The molecule has 2 aromatic carbocycles. The fraction of sp³-hybridized carbons (Fsp3) is 0.105. The van der Waals surface area contributed by atoms with Gasteiger partial charge in [0.25, 0.3) is 5.91 Å². The normalized spacial score (nSPS) is 10.3. The Hall–Kier alpha value is -3.41. The van der Waals surface area contributed by atoms with E-state index in [0.717, 1.165) is 17.1 Å². The first kappa shape index (κ1) is 16.4. The third kappa shape index (κ3) is 4.32. The number of nitrogens with one attached hydrogen (secondary N) is 1. The molecule has 3 N–H and O–H groups in total. The standard InChI is InChI=1S/C19H18N4O2/c1-13-6-8-15(9-7-13)25-17-5-3-2-4-14(17)11-21-18-10-16(19(20)24)22-12-23-18/h2-10,12H,11H2,1H3,(H2,20,24)(H,21,22,23). The largest absolute Gasteiger partial charge is 0.457 e. The molecule has 0 fully saturated rings. The summed E-state index contributed by atoms with van der Waals surface area (Å²) in [4.78, 5) is 19.1. The van der Waals surface area contributed by atoms with Gasteiger partial charge in [0, 0.05) is 18.2 Å². The van der Waals surface area contributed by atoms with E-state index < -0.39 is 5.91 Å². The van der Waals surface area contributed by atoms with Gasteiger partial charge in [-0.2, -0.15) is 0 Å². The van der Waals surface area contributed by atoms with Crippen LogP contribution >= 0.6 is 0 Å². The zero-order chi connectivity index (χ0) is 17.6. The fourth-order valence-electron chi connectivity index (χ4n) is 2.26. The van der Waals surface area contributed by atoms with E-state index in [4.69, 9.17) is 10.5 Å². The number of rotatable bonds is 6. The van der Waals surface area contributed by atoms with Crippen molar-refractivity contribution in [3.63, 3.8) is 0 Å². The van der Waals surface area contributed by atoms with Gasteiger partial charge in [-0.3, -0.25) is 4.79 Å². The molecule has 6 nitrogen and oxygen atoms in total. The topological polar surface area (TPSA) is 90.1 Å². The van der Waals surface area contributed by atoms with Crippen molar-refractivity contribution in [3.05, 3.63) is 77.7 Å². The summed E-state index contributed by atoms with van der Waals surface area (Å²) in [6.07, 6.45) is 1.30. The number of aryl methyl sites for hydroxylation is 1. The van der Waals surface area contributed by atoms with E-state index in [1.165, 1.54) is 18.0 Å². The summed E-state index contributed by atoms with van der Waals surface area (Å²) in [6.45, 7) is 2.51. The van der Waals surface area contributed by atoms with Gasteiger partial charge >= 0.3 is 0 Å². The molecule has 0 unspecified atom stereocenters. The van der Waals surface area contributed by atoms with E-state index >= 15 is 0 Å². The van der Waals surface area contributed by atoms with Crippen molar-refractivity contribution in [2.75, 3.05) is 5.32 Å². The summed E-state index contributed by atoms with van der Waals surface area (Å²) in [6, 6.07) is 17.1. The summed E-state index contributed by atoms with van der Waals surface area (Å²) in [7, 11) is 0. The molecule has 25 heavy (non-hydrogen) atoms. The van der Waals surface area contributed by atoms with Gasteiger partial charge in [-0.25, -0.2) is 9.97 Å². The average Bonchev–Trinajstić information content (AvgIpc) is 2.63. The number of benzene rings is 2. The quantitative estimate of drug-likeness (QED) is 0.722. The molecule has 1 amide bonds. The number of anilines is 1. The molecule has 0 bridgehead atoms. The molecule has 0 spiro atoms. The van der Waals surface area contributed by atoms with E-state index in [0.29, 0.717) is 12.4 Å². The average molecular weight is 334 g/mol. The molecule has 0 saturated carbocycles. The predicted molar refractivity (Wildman–Crippen MR) is 95.6 cm³/mol. The molecule has 6 heteroatoms. The number of primary amides is 1. The van der Waals surface area contributed by atoms with Gasteiger partial charge in [0.05, 0.1) is 0 Å². The van der Waals surface area contributed by atoms with Crippen molar-refractivity contribution in [3.8, 4) is 11.5 Å². The smallest absolute Gasteiger partial charge is 0.267 e. The fourth-order valence-corrected chi connectivity index (χ4v) is 2.26. The second-order valence-corrected chi connectivity index (χ2v) is 5.53. The summed E-state index contributed by atoms with van der Waals surface area (Å²) in [5.74, 6) is 1.46. The SMILES string of the molecule is Cc1ccc(Oc2ccccc2CNc2cc(C(N)=O)ncn2)cc1. The van der Waals surface area contributed by atoms with Gasteiger partial charge in [-0.05, 0) is 25.1 Å². The molecule has 0 saturated heterocycles. The first-order chi connectivity index (χ1) is 12.1. The highest BCUT2D eigenvalue weighted by Crippen LogP contribution is 2.26. The van der Waals surface area contributed by atoms with Gasteiger partial charge in [-0.1, -0.05) is 35.9 Å². The number of hydrogen-bond donors (Lipinski definition) is 2. The van der Waals surface area contributed by atoms with Gasteiger partial charge < -0.3 is 15.8 Å². The minimum Gasteiger partial charge on any atom is -0.457 e. The number of nitrogens with two attached hydrogens (primary N) is 1. The summed E-state index contributed by atoms with van der Waals surface area (Å²) in [5.41, 5.74) is 7.54. The predicted octanol–water partition coefficient (Wildman–Crippen LogP) is 3.29. The summed E-state index contributed by atoms with van der Waals surface area (Å²) >= 11 is 0. The molecule has 0 aliphatic carbocycles. The molecule has 0 radical (unpaired) electrons. The van der Waals surface area contributed by atoms with E-state index in [2.05, 4.69) is 15.3 Å². The number of ether oxygens (including phenoxy) is 1. The van der Waals surface area contributed by atoms with E-state index in [1.54, 1.807) is 0 Å². The van der Waals surface area contributed by atoms with Crippen LogP contribution in [0.25, 0.3) is 0 Å². The number of amides is 1. The van der Waals surface area contributed by atoms with Crippen molar-refractivity contribution in [1.29, 1.82) is 0 Å². The minimum atomic E-state index is -0.589. The molecule has 1 heterocycles. The highest BCUT2D eigenvalue weighted by molar-refractivity contribution is 5.91. The molecule has 1 aromatic heterocycles. The van der Waals surface area contributed by atoms with Crippen LogP contribution in [0.15, 0.2) is 60.9 Å². The van der Waals surface area contributed by atoms with Crippen molar-refractivity contribution in [1.82, 2.24) is 9.97 Å². The molecular formula is C19H18N4O2. The second kappa shape index (κ2) is 7.44. The van der Waals surface area contributed by atoms with Crippen LogP contribution in [0.3, 0.4) is 0 Å². The number of nitrogens with zero attached hydrogens (tertiary/aromatic N) is 2. The number of aromatic nitrogens is 2.